The molecule has 1 amide bonds. The molecule has 0 aliphatic rings. The Morgan fingerprint density at radius 2 is 0.675 bits per heavy atom. The number of phosphoric acid groups is 1. The van der Waals surface area contributed by atoms with Gasteiger partial charge in [0, 0.05) is 6.42 Å². The fourth-order valence-corrected chi connectivity index (χ4v) is 12.1. The monoisotopic (exact) mass is 1150 g/mol. The number of rotatable bonds is 68. The van der Waals surface area contributed by atoms with Gasteiger partial charge in [-0.1, -0.05) is 353 Å². The molecule has 3 atom stereocenters. The average Bonchev–Trinajstić information content (AvgIpc) is 3.42. The molecule has 0 aliphatic heterocycles. The van der Waals surface area contributed by atoms with Gasteiger partial charge in [0.1, 0.15) is 13.2 Å². The van der Waals surface area contributed by atoms with Gasteiger partial charge in [-0.05, 0) is 38.5 Å². The summed E-state index contributed by atoms with van der Waals surface area (Å²) in [6.45, 7) is 4.96. The van der Waals surface area contributed by atoms with Crippen molar-refractivity contribution in [3.8, 4) is 0 Å². The molecule has 80 heavy (non-hydrogen) atoms. The van der Waals surface area contributed by atoms with Gasteiger partial charge in [-0.2, -0.15) is 0 Å². The van der Waals surface area contributed by atoms with Crippen molar-refractivity contribution in [1.82, 2.24) is 5.32 Å². The van der Waals surface area contributed by atoms with E-state index in [-0.39, 0.29) is 19.1 Å². The Balaban J connectivity index is 3.92. The summed E-state index contributed by atoms with van der Waals surface area (Å²) in [5, 5.41) is 14.1. The number of quaternary nitrogens is 1. The van der Waals surface area contributed by atoms with Crippen molar-refractivity contribution in [3.63, 3.8) is 0 Å². The van der Waals surface area contributed by atoms with Crippen LogP contribution < -0.4 is 5.32 Å². The van der Waals surface area contributed by atoms with Crippen molar-refractivity contribution in [1.29, 1.82) is 0 Å². The molecule has 3 unspecified atom stereocenters. The smallest absolute Gasteiger partial charge is 0.391 e. The maximum absolute atomic E-state index is 13.1. The van der Waals surface area contributed by atoms with Gasteiger partial charge in [-0.25, -0.2) is 4.57 Å². The van der Waals surface area contributed by atoms with Crippen LogP contribution in [-0.2, 0) is 18.4 Å². The summed E-state index contributed by atoms with van der Waals surface area (Å²) in [6, 6.07) is -0.758. The number of aliphatic hydroxyl groups is 1. The number of likely N-dealkylation sites (N-methyl/N-ethyl adjacent to an activating group) is 1. The van der Waals surface area contributed by atoms with E-state index in [0.717, 1.165) is 38.5 Å². The number of nitrogens with zero attached hydrogens (tertiary/aromatic N) is 1. The van der Waals surface area contributed by atoms with Gasteiger partial charge in [-0.15, -0.1) is 0 Å². The lowest BCUT2D eigenvalue weighted by atomic mass is 10.0. The minimum absolute atomic E-state index is 0.0782. The van der Waals surface area contributed by atoms with Gasteiger partial charge in [0.2, 0.25) is 5.91 Å². The first-order chi connectivity index (χ1) is 39.0. The standard InChI is InChI=1S/C71H143N2O6P/c1-6-8-10-12-14-16-18-20-22-24-26-28-29-30-31-32-33-34-35-36-37-38-39-40-41-42-43-45-47-49-51-53-55-57-59-61-63-65-71(75)72-69(68-79-80(76,77)78-67-66-73(3,4)5)70(74)64-62-60-58-56-54-52-50-48-46-44-27-25-23-21-19-17-15-13-11-9-7-2/h34-35,69-70,74H,6-33,36-68H2,1-5H3,(H-,72,75,76,77)/p+1/b35-34-. The molecule has 0 aromatic heterocycles. The van der Waals surface area contributed by atoms with Crippen molar-refractivity contribution < 1.29 is 32.9 Å². The van der Waals surface area contributed by atoms with Gasteiger partial charge >= 0.3 is 7.82 Å². The van der Waals surface area contributed by atoms with Crippen LogP contribution in [0.25, 0.3) is 0 Å². The SMILES string of the molecule is CCCCCCCCCCCCCCCCCC/C=C\CCCCCCCCCCCCCCCCCCCC(=O)NC(COP(=O)(O)OCC[N+](C)(C)C)C(O)CCCCCCCCCCCCCCCCCCCCCCC. The number of carbonyl (C=O) groups excluding carboxylic acids is 1. The number of hydrogen-bond acceptors (Lipinski definition) is 5. The third-order valence-corrected chi connectivity index (χ3v) is 18.0. The summed E-state index contributed by atoms with van der Waals surface area (Å²) < 4.78 is 23.9. The molecule has 0 fully saturated rings. The summed E-state index contributed by atoms with van der Waals surface area (Å²) in [5.41, 5.74) is 0. The molecule has 0 heterocycles. The quantitative estimate of drug-likeness (QED) is 0.0243. The first-order valence-electron chi connectivity index (χ1n) is 36.1. The van der Waals surface area contributed by atoms with E-state index in [1.54, 1.807) is 0 Å². The van der Waals surface area contributed by atoms with Gasteiger partial charge in [0.25, 0.3) is 0 Å². The maximum atomic E-state index is 13.1. The molecule has 9 heteroatoms. The largest absolute Gasteiger partial charge is 0.472 e. The fourth-order valence-electron chi connectivity index (χ4n) is 11.4. The van der Waals surface area contributed by atoms with Crippen LogP contribution in [-0.4, -0.2) is 73.4 Å². The van der Waals surface area contributed by atoms with E-state index in [2.05, 4.69) is 31.3 Å². The molecule has 478 valence electrons. The Hall–Kier alpha value is -0.760. The van der Waals surface area contributed by atoms with Crippen molar-refractivity contribution in [2.45, 2.75) is 398 Å². The van der Waals surface area contributed by atoms with E-state index in [9.17, 15) is 19.4 Å². The molecular weight excluding hydrogens is 1010 g/mol. The molecule has 8 nitrogen and oxygen atoms in total. The van der Waals surface area contributed by atoms with Gasteiger partial charge in [0.05, 0.1) is 39.9 Å². The zero-order chi connectivity index (χ0) is 58.4. The Bertz CT molecular complexity index is 1310. The highest BCUT2D eigenvalue weighted by Crippen LogP contribution is 2.43. The maximum Gasteiger partial charge on any atom is 0.472 e. The van der Waals surface area contributed by atoms with E-state index in [0.29, 0.717) is 23.9 Å². The van der Waals surface area contributed by atoms with Crippen LogP contribution in [0.2, 0.25) is 0 Å². The molecule has 0 saturated heterocycles. The molecule has 0 aliphatic carbocycles. The van der Waals surface area contributed by atoms with Crippen molar-refractivity contribution in [2.24, 2.45) is 0 Å². The van der Waals surface area contributed by atoms with Crippen molar-refractivity contribution in [3.05, 3.63) is 12.2 Å². The first-order valence-corrected chi connectivity index (χ1v) is 37.5. The Kier molecular flexibility index (Phi) is 62.2. The molecule has 0 aromatic carbocycles. The molecule has 0 bridgehead atoms. The van der Waals surface area contributed by atoms with Crippen LogP contribution in [0.4, 0.5) is 0 Å². The second-order valence-electron chi connectivity index (χ2n) is 26.3. The molecule has 0 radical (unpaired) electrons. The number of phosphoric ester groups is 1. The van der Waals surface area contributed by atoms with Gasteiger partial charge in [-0.3, -0.25) is 13.8 Å². The highest BCUT2D eigenvalue weighted by atomic mass is 31.2. The highest BCUT2D eigenvalue weighted by molar-refractivity contribution is 7.47. The lowest BCUT2D eigenvalue weighted by Crippen LogP contribution is -2.46. The van der Waals surface area contributed by atoms with E-state index in [1.807, 2.05) is 21.1 Å². The number of unbranched alkanes of at least 4 members (excludes halogenated alkanes) is 53. The summed E-state index contributed by atoms with van der Waals surface area (Å²) in [5.74, 6) is -0.135. The topological polar surface area (TPSA) is 105 Å². The number of nitrogens with one attached hydrogen (secondary N) is 1. The number of amides is 1. The van der Waals surface area contributed by atoms with Crippen molar-refractivity contribution >= 4 is 13.7 Å². The normalized spacial score (nSPS) is 13.6. The summed E-state index contributed by atoms with van der Waals surface area (Å²) >= 11 is 0. The number of carbonyl (C=O) groups is 1. The van der Waals surface area contributed by atoms with E-state index in [4.69, 9.17) is 9.05 Å². The molecule has 0 aromatic rings. The van der Waals surface area contributed by atoms with Gasteiger partial charge in [0.15, 0.2) is 0 Å². The van der Waals surface area contributed by atoms with E-state index < -0.39 is 20.0 Å². The fraction of sp³-hybridized carbons (Fsp3) is 0.958. The molecule has 0 spiro atoms. The van der Waals surface area contributed by atoms with Gasteiger partial charge < -0.3 is 19.8 Å². The lowest BCUT2D eigenvalue weighted by Gasteiger charge is -2.26. The second-order valence-corrected chi connectivity index (χ2v) is 27.8. The third kappa shape index (κ3) is 64.8. The number of aliphatic hydroxyl groups excluding tert-OH is 1. The molecule has 0 saturated carbocycles. The zero-order valence-corrected chi connectivity index (χ0v) is 55.8. The lowest BCUT2D eigenvalue weighted by molar-refractivity contribution is -0.870. The van der Waals surface area contributed by atoms with Crippen LogP contribution in [0.3, 0.4) is 0 Å². The first kappa shape index (κ1) is 79.2. The van der Waals surface area contributed by atoms with Crippen LogP contribution in [0.1, 0.15) is 386 Å². The predicted octanol–water partition coefficient (Wildman–Crippen LogP) is 22.9. The second kappa shape index (κ2) is 62.8. The minimum Gasteiger partial charge on any atom is -0.391 e. The Labute approximate surface area is 501 Å². The molecule has 3 N–H and O–H groups in total. The van der Waals surface area contributed by atoms with Crippen molar-refractivity contribution in [2.75, 3.05) is 40.9 Å². The van der Waals surface area contributed by atoms with E-state index >= 15 is 0 Å². The average molecular weight is 1150 g/mol. The Morgan fingerprint density at radius 1 is 0.412 bits per heavy atom. The van der Waals surface area contributed by atoms with Crippen LogP contribution in [0.15, 0.2) is 12.2 Å². The Morgan fingerprint density at radius 3 is 0.963 bits per heavy atom. The highest BCUT2D eigenvalue weighted by Gasteiger charge is 2.28. The summed E-state index contributed by atoms with van der Waals surface area (Å²) in [4.78, 5) is 23.4. The van der Waals surface area contributed by atoms with Crippen LogP contribution in [0.5, 0.6) is 0 Å². The number of hydrogen-bond donors (Lipinski definition) is 3. The minimum atomic E-state index is -4.33. The molecular formula is C71H144N2O6P+. The van der Waals surface area contributed by atoms with Crippen LogP contribution >= 0.6 is 7.82 Å². The summed E-state index contributed by atoms with van der Waals surface area (Å²) in [7, 11) is 1.64. The molecule has 0 rings (SSSR count). The number of allylic oxidation sites excluding steroid dienone is 2. The van der Waals surface area contributed by atoms with E-state index in [1.165, 1.54) is 321 Å². The summed E-state index contributed by atoms with van der Waals surface area (Å²) in [6.07, 6.45) is 80.5. The predicted molar refractivity (Wildman–Crippen MR) is 351 cm³/mol. The zero-order valence-electron chi connectivity index (χ0n) is 54.9. The van der Waals surface area contributed by atoms with Crippen LogP contribution in [0, 0.1) is 0 Å². The third-order valence-electron chi connectivity index (χ3n) is 17.0.